The highest BCUT2D eigenvalue weighted by atomic mass is 16.5. The molecular weight excluding hydrogens is 234 g/mol. The Hall–Kier alpha value is -1.46. The van der Waals surface area contributed by atoms with Crippen LogP contribution in [0.5, 0.6) is 0 Å². The average Bonchev–Trinajstić information content (AvgIpc) is 2.28. The standard InChI is InChI=1S/C12H23N3O3/c1-4-18-12(17)14-10-5-9(8(2)3)6-15(7-10)11(13)16/h8-10H,4-7H2,1-3H3,(H2,13,16)(H,14,17). The molecule has 0 spiro atoms. The third-order valence-corrected chi connectivity index (χ3v) is 3.33. The van der Waals surface area contributed by atoms with Gasteiger partial charge in [0.05, 0.1) is 12.6 Å². The summed E-state index contributed by atoms with van der Waals surface area (Å²) in [5, 5.41) is 2.78. The summed E-state index contributed by atoms with van der Waals surface area (Å²) in [6.45, 7) is 7.43. The number of piperidine rings is 1. The Bertz CT molecular complexity index is 307. The molecule has 0 radical (unpaired) electrons. The lowest BCUT2D eigenvalue weighted by atomic mass is 9.85. The first kappa shape index (κ1) is 14.6. The second-order valence-corrected chi connectivity index (χ2v) is 5.04. The van der Waals surface area contributed by atoms with Gasteiger partial charge in [-0.1, -0.05) is 13.8 Å². The van der Waals surface area contributed by atoms with Crippen LogP contribution < -0.4 is 11.1 Å². The lowest BCUT2D eigenvalue weighted by molar-refractivity contribution is 0.115. The molecule has 1 rings (SSSR count). The molecule has 1 aliphatic heterocycles. The number of hydrogen-bond donors (Lipinski definition) is 2. The quantitative estimate of drug-likeness (QED) is 0.795. The van der Waals surface area contributed by atoms with Crippen LogP contribution in [0.4, 0.5) is 9.59 Å². The van der Waals surface area contributed by atoms with Gasteiger partial charge in [0.2, 0.25) is 0 Å². The van der Waals surface area contributed by atoms with E-state index < -0.39 is 12.1 Å². The Morgan fingerprint density at radius 2 is 2.11 bits per heavy atom. The average molecular weight is 257 g/mol. The summed E-state index contributed by atoms with van der Waals surface area (Å²) >= 11 is 0. The second-order valence-electron chi connectivity index (χ2n) is 5.04. The van der Waals surface area contributed by atoms with Gasteiger partial charge in [-0.05, 0) is 25.2 Å². The maximum Gasteiger partial charge on any atom is 0.407 e. The molecule has 2 atom stereocenters. The van der Waals surface area contributed by atoms with Crippen molar-refractivity contribution in [2.75, 3.05) is 19.7 Å². The highest BCUT2D eigenvalue weighted by Crippen LogP contribution is 2.23. The van der Waals surface area contributed by atoms with Gasteiger partial charge in [0.15, 0.2) is 0 Å². The van der Waals surface area contributed by atoms with E-state index in [1.54, 1.807) is 11.8 Å². The molecule has 104 valence electrons. The lowest BCUT2D eigenvalue weighted by Gasteiger charge is -2.38. The van der Waals surface area contributed by atoms with Gasteiger partial charge in [0, 0.05) is 13.1 Å². The van der Waals surface area contributed by atoms with Gasteiger partial charge in [0.1, 0.15) is 0 Å². The number of nitrogens with one attached hydrogen (secondary N) is 1. The van der Waals surface area contributed by atoms with Crippen LogP contribution in [0.2, 0.25) is 0 Å². The molecule has 0 aromatic carbocycles. The Kier molecular flexibility index (Phi) is 5.25. The van der Waals surface area contributed by atoms with E-state index in [2.05, 4.69) is 19.2 Å². The summed E-state index contributed by atoms with van der Waals surface area (Å²) in [5.74, 6) is 0.789. The van der Waals surface area contributed by atoms with Crippen molar-refractivity contribution in [3.8, 4) is 0 Å². The molecule has 2 unspecified atom stereocenters. The predicted molar refractivity (Wildman–Crippen MR) is 68.0 cm³/mol. The fourth-order valence-electron chi connectivity index (χ4n) is 2.25. The number of likely N-dealkylation sites (tertiary alicyclic amines) is 1. The molecule has 0 bridgehead atoms. The molecule has 0 aromatic heterocycles. The van der Waals surface area contributed by atoms with Crippen LogP contribution in [0.15, 0.2) is 0 Å². The van der Waals surface area contributed by atoms with E-state index in [1.165, 1.54) is 0 Å². The smallest absolute Gasteiger partial charge is 0.407 e. The van der Waals surface area contributed by atoms with Crippen molar-refractivity contribution in [3.05, 3.63) is 0 Å². The number of rotatable bonds is 3. The zero-order valence-electron chi connectivity index (χ0n) is 11.3. The van der Waals surface area contributed by atoms with Gasteiger partial charge in [-0.3, -0.25) is 0 Å². The molecule has 18 heavy (non-hydrogen) atoms. The summed E-state index contributed by atoms with van der Waals surface area (Å²) in [7, 11) is 0. The number of carbonyl (C=O) groups excluding carboxylic acids is 2. The van der Waals surface area contributed by atoms with Crippen molar-refractivity contribution >= 4 is 12.1 Å². The number of nitrogens with zero attached hydrogens (tertiary/aromatic N) is 1. The Morgan fingerprint density at radius 1 is 1.44 bits per heavy atom. The summed E-state index contributed by atoms with van der Waals surface area (Å²) in [6.07, 6.45) is 0.414. The first-order chi connectivity index (χ1) is 8.43. The zero-order chi connectivity index (χ0) is 13.7. The monoisotopic (exact) mass is 257 g/mol. The van der Waals surface area contributed by atoms with E-state index in [1.807, 2.05) is 0 Å². The van der Waals surface area contributed by atoms with Crippen LogP contribution in [0, 0.1) is 11.8 Å². The van der Waals surface area contributed by atoms with E-state index in [9.17, 15) is 9.59 Å². The zero-order valence-corrected chi connectivity index (χ0v) is 11.3. The first-order valence-electron chi connectivity index (χ1n) is 6.41. The normalized spacial score (nSPS) is 23.9. The van der Waals surface area contributed by atoms with Gasteiger partial charge >= 0.3 is 12.1 Å². The lowest BCUT2D eigenvalue weighted by Crippen LogP contribution is -2.54. The molecule has 0 aliphatic carbocycles. The number of primary amides is 1. The molecule has 3 N–H and O–H groups in total. The van der Waals surface area contributed by atoms with Gasteiger partial charge < -0.3 is 20.7 Å². The number of amides is 3. The van der Waals surface area contributed by atoms with E-state index in [-0.39, 0.29) is 6.04 Å². The highest BCUT2D eigenvalue weighted by molar-refractivity contribution is 5.72. The summed E-state index contributed by atoms with van der Waals surface area (Å²) in [6, 6.07) is -0.520. The molecule has 1 fully saturated rings. The summed E-state index contributed by atoms with van der Waals surface area (Å²) in [5.41, 5.74) is 5.32. The molecule has 1 saturated heterocycles. The SMILES string of the molecule is CCOC(=O)NC1CC(C(C)C)CN(C(N)=O)C1. The van der Waals surface area contributed by atoms with Gasteiger partial charge in [-0.25, -0.2) is 9.59 Å². The Balaban J connectivity index is 2.61. The number of hydrogen-bond acceptors (Lipinski definition) is 3. The Labute approximate surface area is 108 Å². The van der Waals surface area contributed by atoms with Crippen molar-refractivity contribution in [3.63, 3.8) is 0 Å². The fraction of sp³-hybridized carbons (Fsp3) is 0.833. The van der Waals surface area contributed by atoms with Gasteiger partial charge in [-0.15, -0.1) is 0 Å². The molecule has 6 nitrogen and oxygen atoms in total. The van der Waals surface area contributed by atoms with E-state index in [4.69, 9.17) is 10.5 Å². The van der Waals surface area contributed by atoms with Crippen molar-refractivity contribution < 1.29 is 14.3 Å². The minimum absolute atomic E-state index is 0.0855. The first-order valence-corrected chi connectivity index (χ1v) is 6.41. The second kappa shape index (κ2) is 6.47. The fourth-order valence-corrected chi connectivity index (χ4v) is 2.25. The predicted octanol–water partition coefficient (Wildman–Crippen LogP) is 1.16. The number of alkyl carbamates (subject to hydrolysis) is 1. The molecule has 0 saturated carbocycles. The van der Waals surface area contributed by atoms with Crippen molar-refractivity contribution in [2.24, 2.45) is 17.6 Å². The minimum Gasteiger partial charge on any atom is -0.450 e. The number of carbonyl (C=O) groups is 2. The van der Waals surface area contributed by atoms with Gasteiger partial charge in [0.25, 0.3) is 0 Å². The van der Waals surface area contributed by atoms with Crippen LogP contribution in [-0.4, -0.2) is 42.8 Å². The van der Waals surface area contributed by atoms with E-state index in [0.717, 1.165) is 6.42 Å². The Morgan fingerprint density at radius 3 is 2.61 bits per heavy atom. The van der Waals surface area contributed by atoms with Crippen LogP contribution in [0.25, 0.3) is 0 Å². The van der Waals surface area contributed by atoms with E-state index >= 15 is 0 Å². The van der Waals surface area contributed by atoms with E-state index in [0.29, 0.717) is 31.5 Å². The largest absolute Gasteiger partial charge is 0.450 e. The van der Waals surface area contributed by atoms with Crippen LogP contribution in [0.3, 0.4) is 0 Å². The molecule has 3 amide bonds. The topological polar surface area (TPSA) is 84.7 Å². The number of ether oxygens (including phenoxy) is 1. The maximum atomic E-state index is 11.4. The highest BCUT2D eigenvalue weighted by Gasteiger charge is 2.31. The molecule has 1 aliphatic rings. The third kappa shape index (κ3) is 4.09. The molecular formula is C12H23N3O3. The van der Waals surface area contributed by atoms with Crippen LogP contribution in [0.1, 0.15) is 27.2 Å². The molecule has 0 aromatic rings. The molecule has 1 heterocycles. The van der Waals surface area contributed by atoms with Gasteiger partial charge in [-0.2, -0.15) is 0 Å². The molecule has 6 heteroatoms. The van der Waals surface area contributed by atoms with Crippen molar-refractivity contribution in [2.45, 2.75) is 33.2 Å². The van der Waals surface area contributed by atoms with Crippen LogP contribution in [-0.2, 0) is 4.74 Å². The third-order valence-electron chi connectivity index (χ3n) is 3.33. The number of urea groups is 1. The van der Waals surface area contributed by atoms with Crippen molar-refractivity contribution in [1.29, 1.82) is 0 Å². The van der Waals surface area contributed by atoms with Crippen molar-refractivity contribution in [1.82, 2.24) is 10.2 Å². The number of nitrogens with two attached hydrogens (primary N) is 1. The summed E-state index contributed by atoms with van der Waals surface area (Å²) < 4.78 is 4.85. The minimum atomic E-state index is -0.434. The van der Waals surface area contributed by atoms with Crippen LogP contribution >= 0.6 is 0 Å². The maximum absolute atomic E-state index is 11.4. The summed E-state index contributed by atoms with van der Waals surface area (Å²) in [4.78, 5) is 24.3.